The molecule has 0 spiro atoms. The van der Waals surface area contributed by atoms with Crippen LogP contribution in [0.1, 0.15) is 0 Å². The van der Waals surface area contributed by atoms with Gasteiger partial charge >= 0.3 is 0 Å². The highest BCUT2D eigenvalue weighted by Gasteiger charge is 2.22. The van der Waals surface area contributed by atoms with Crippen LogP contribution < -0.4 is 4.90 Å². The van der Waals surface area contributed by atoms with Crippen LogP contribution >= 0.6 is 0 Å². The van der Waals surface area contributed by atoms with Gasteiger partial charge in [0.25, 0.3) is 0 Å². The Bertz CT molecular complexity index is 2150. The van der Waals surface area contributed by atoms with Crippen LogP contribution in [0.25, 0.3) is 50.3 Å². The van der Waals surface area contributed by atoms with Crippen molar-refractivity contribution in [2.45, 2.75) is 0 Å². The largest absolute Gasteiger partial charge is 0.310 e. The zero-order chi connectivity index (χ0) is 29.3. The van der Waals surface area contributed by atoms with Crippen molar-refractivity contribution in [1.29, 1.82) is 0 Å². The van der Waals surface area contributed by atoms with Gasteiger partial charge in [-0.3, -0.25) is 4.57 Å². The van der Waals surface area contributed by atoms with Gasteiger partial charge < -0.3 is 4.90 Å². The molecule has 4 nitrogen and oxygen atoms in total. The second kappa shape index (κ2) is 11.0. The van der Waals surface area contributed by atoms with E-state index in [4.69, 9.17) is 9.97 Å². The van der Waals surface area contributed by atoms with Gasteiger partial charge in [-0.05, 0) is 54.6 Å². The van der Waals surface area contributed by atoms with E-state index in [9.17, 15) is 0 Å². The number of aromatic nitrogens is 3. The molecule has 4 heteroatoms. The number of anilines is 3. The van der Waals surface area contributed by atoms with Crippen LogP contribution in [0.5, 0.6) is 0 Å². The topological polar surface area (TPSA) is 34.0 Å². The first-order valence-electron chi connectivity index (χ1n) is 14.8. The van der Waals surface area contributed by atoms with Gasteiger partial charge in [0.05, 0.1) is 16.6 Å². The van der Waals surface area contributed by atoms with Crippen molar-refractivity contribution < 1.29 is 0 Å². The van der Waals surface area contributed by atoms with Gasteiger partial charge in [0.1, 0.15) is 5.65 Å². The van der Waals surface area contributed by atoms with Crippen molar-refractivity contribution in [3.8, 4) is 28.3 Å². The molecule has 0 saturated heterocycles. The summed E-state index contributed by atoms with van der Waals surface area (Å²) in [7, 11) is 0. The van der Waals surface area contributed by atoms with Crippen molar-refractivity contribution in [2.24, 2.45) is 0 Å². The van der Waals surface area contributed by atoms with Gasteiger partial charge in [-0.1, -0.05) is 115 Å². The zero-order valence-corrected chi connectivity index (χ0v) is 24.0. The molecule has 0 fully saturated rings. The van der Waals surface area contributed by atoms with Crippen LogP contribution in [0.15, 0.2) is 170 Å². The van der Waals surface area contributed by atoms with Crippen LogP contribution in [-0.4, -0.2) is 14.5 Å². The average Bonchev–Trinajstić information content (AvgIpc) is 3.44. The second-order valence-electron chi connectivity index (χ2n) is 10.7. The third kappa shape index (κ3) is 4.50. The van der Waals surface area contributed by atoms with Crippen molar-refractivity contribution in [3.63, 3.8) is 0 Å². The molecule has 0 radical (unpaired) electrons. The molecule has 8 rings (SSSR count). The molecule has 0 aliphatic heterocycles. The van der Waals surface area contributed by atoms with Crippen LogP contribution in [0, 0.1) is 0 Å². The molecule has 0 aliphatic rings. The van der Waals surface area contributed by atoms with Crippen LogP contribution in [0.3, 0.4) is 0 Å². The highest BCUT2D eigenvalue weighted by atomic mass is 15.1. The first-order valence-corrected chi connectivity index (χ1v) is 14.8. The van der Waals surface area contributed by atoms with Gasteiger partial charge in [-0.2, -0.15) is 0 Å². The van der Waals surface area contributed by atoms with E-state index < -0.39 is 0 Å². The quantitative estimate of drug-likeness (QED) is 0.201. The molecule has 0 unspecified atom stereocenters. The summed E-state index contributed by atoms with van der Waals surface area (Å²) >= 11 is 0. The summed E-state index contributed by atoms with van der Waals surface area (Å²) in [6, 6.07) is 58.9. The fourth-order valence-corrected chi connectivity index (χ4v) is 5.99. The number of para-hydroxylation sites is 3. The highest BCUT2D eigenvalue weighted by Crippen LogP contribution is 2.42. The summed E-state index contributed by atoms with van der Waals surface area (Å²) in [6.45, 7) is 0. The summed E-state index contributed by atoms with van der Waals surface area (Å²) in [5.41, 5.74) is 9.21. The van der Waals surface area contributed by atoms with Gasteiger partial charge in [0.15, 0.2) is 5.82 Å². The fourth-order valence-electron chi connectivity index (χ4n) is 5.99. The predicted molar refractivity (Wildman–Crippen MR) is 182 cm³/mol. The average molecular weight is 565 g/mol. The molecule has 8 aromatic rings. The molecule has 6 aromatic carbocycles. The van der Waals surface area contributed by atoms with E-state index in [1.165, 1.54) is 0 Å². The lowest BCUT2D eigenvalue weighted by molar-refractivity contribution is 1.11. The number of hydrogen-bond donors (Lipinski definition) is 0. The van der Waals surface area contributed by atoms with Crippen LogP contribution in [0.2, 0.25) is 0 Å². The monoisotopic (exact) mass is 564 g/mol. The maximum atomic E-state index is 5.27. The summed E-state index contributed by atoms with van der Waals surface area (Å²) < 4.78 is 2.27. The molecule has 0 aliphatic carbocycles. The smallest absolute Gasteiger partial charge is 0.162 e. The van der Waals surface area contributed by atoms with E-state index in [-0.39, 0.29) is 0 Å². The molecule has 0 bridgehead atoms. The molecule has 44 heavy (non-hydrogen) atoms. The zero-order valence-electron chi connectivity index (χ0n) is 24.0. The molecule has 0 N–H and O–H groups in total. The van der Waals surface area contributed by atoms with E-state index in [1.807, 2.05) is 30.3 Å². The van der Waals surface area contributed by atoms with E-state index in [0.717, 1.165) is 61.5 Å². The first kappa shape index (κ1) is 25.7. The maximum absolute atomic E-state index is 5.27. The number of fused-ring (bicyclic) bond motifs is 3. The molecule has 208 valence electrons. The van der Waals surface area contributed by atoms with Crippen molar-refractivity contribution in [3.05, 3.63) is 170 Å². The van der Waals surface area contributed by atoms with Crippen molar-refractivity contribution in [1.82, 2.24) is 14.5 Å². The lowest BCUT2D eigenvalue weighted by Gasteiger charge is -2.25. The van der Waals surface area contributed by atoms with Crippen LogP contribution in [-0.2, 0) is 0 Å². The van der Waals surface area contributed by atoms with Gasteiger partial charge in [-0.15, -0.1) is 0 Å². The Labute approximate surface area is 256 Å². The minimum absolute atomic E-state index is 0.701. The van der Waals surface area contributed by atoms with Gasteiger partial charge in [0, 0.05) is 39.3 Å². The van der Waals surface area contributed by atoms with E-state index in [0.29, 0.717) is 5.82 Å². The lowest BCUT2D eigenvalue weighted by Crippen LogP contribution is -2.09. The summed E-state index contributed by atoms with van der Waals surface area (Å²) in [6.07, 6.45) is 0. The first-order chi connectivity index (χ1) is 21.8. The SMILES string of the molecule is c1ccc(-c2nc(-c3ccccc3)c3c4cc(N(c5ccccc5)c5ccccc5)ccc4n(-c4ccccc4)c3n2)cc1. The predicted octanol–water partition coefficient (Wildman–Crippen LogP) is 10.4. The number of nitrogens with zero attached hydrogens (tertiary/aromatic N) is 4. The highest BCUT2D eigenvalue weighted by molar-refractivity contribution is 6.15. The summed E-state index contributed by atoms with van der Waals surface area (Å²) in [5.74, 6) is 0.701. The Morgan fingerprint density at radius 2 is 0.977 bits per heavy atom. The Morgan fingerprint density at radius 1 is 0.455 bits per heavy atom. The van der Waals surface area contributed by atoms with E-state index in [2.05, 4.69) is 149 Å². The van der Waals surface area contributed by atoms with Gasteiger partial charge in [-0.25, -0.2) is 9.97 Å². The van der Waals surface area contributed by atoms with Crippen molar-refractivity contribution >= 4 is 39.0 Å². The molecular formula is C40H28N4. The third-order valence-corrected chi connectivity index (χ3v) is 7.97. The maximum Gasteiger partial charge on any atom is 0.162 e. The van der Waals surface area contributed by atoms with E-state index in [1.54, 1.807) is 0 Å². The minimum atomic E-state index is 0.701. The third-order valence-electron chi connectivity index (χ3n) is 7.97. The molecule has 2 heterocycles. The normalized spacial score (nSPS) is 11.2. The molecule has 2 aromatic heterocycles. The number of rotatable bonds is 6. The molecule has 0 atom stereocenters. The standard InChI is InChI=1S/C40H28N4/c1-6-16-29(17-7-1)38-37-35-28-34(43(31-20-10-3-11-21-31)32-22-12-4-13-23-32)26-27-36(35)44(33-24-14-5-15-25-33)40(37)42-39(41-38)30-18-8-2-9-19-30/h1-28H. The molecular weight excluding hydrogens is 536 g/mol. The Balaban J connectivity index is 1.48. The van der Waals surface area contributed by atoms with Gasteiger partial charge in [0.2, 0.25) is 0 Å². The number of benzene rings is 6. The number of hydrogen-bond acceptors (Lipinski definition) is 3. The Morgan fingerprint density at radius 3 is 1.57 bits per heavy atom. The van der Waals surface area contributed by atoms with Crippen molar-refractivity contribution in [2.75, 3.05) is 4.90 Å². The van der Waals surface area contributed by atoms with E-state index >= 15 is 0 Å². The lowest BCUT2D eigenvalue weighted by atomic mass is 10.0. The summed E-state index contributed by atoms with van der Waals surface area (Å²) in [4.78, 5) is 12.8. The summed E-state index contributed by atoms with van der Waals surface area (Å²) in [5, 5.41) is 2.12. The minimum Gasteiger partial charge on any atom is -0.310 e. The van der Waals surface area contributed by atoms with Crippen LogP contribution in [0.4, 0.5) is 17.1 Å². The molecule has 0 amide bonds. The Hall–Kier alpha value is -6.00. The Kier molecular flexibility index (Phi) is 6.43. The second-order valence-corrected chi connectivity index (χ2v) is 10.7. The molecule has 0 saturated carbocycles. The fraction of sp³-hybridized carbons (Fsp3) is 0.